The molecule has 0 spiro atoms. The SMILES string of the molecule is C=CCNC(=NC)NCC(Nc1ccccc1)C(C)C. The largest absolute Gasteiger partial charge is 0.380 e. The summed E-state index contributed by atoms with van der Waals surface area (Å²) in [6.07, 6.45) is 1.81. The molecule has 0 aliphatic heterocycles. The van der Waals surface area contributed by atoms with Gasteiger partial charge in [-0.3, -0.25) is 4.99 Å². The number of guanidine groups is 1. The van der Waals surface area contributed by atoms with Gasteiger partial charge in [0, 0.05) is 31.9 Å². The van der Waals surface area contributed by atoms with E-state index in [1.807, 2.05) is 24.3 Å². The Bertz CT molecular complexity index is 412. The maximum atomic E-state index is 4.18. The molecular formula is C16H26N4. The van der Waals surface area contributed by atoms with Gasteiger partial charge in [-0.2, -0.15) is 0 Å². The molecule has 0 aliphatic rings. The monoisotopic (exact) mass is 274 g/mol. The van der Waals surface area contributed by atoms with E-state index < -0.39 is 0 Å². The number of anilines is 1. The van der Waals surface area contributed by atoms with Crippen LogP contribution in [-0.2, 0) is 0 Å². The van der Waals surface area contributed by atoms with Gasteiger partial charge >= 0.3 is 0 Å². The molecule has 0 saturated carbocycles. The first-order chi connectivity index (χ1) is 9.67. The first kappa shape index (κ1) is 16.1. The van der Waals surface area contributed by atoms with Crippen LogP contribution in [0.2, 0.25) is 0 Å². The van der Waals surface area contributed by atoms with Crippen molar-refractivity contribution in [2.75, 3.05) is 25.5 Å². The predicted molar refractivity (Wildman–Crippen MR) is 88.3 cm³/mol. The Hall–Kier alpha value is -1.97. The fourth-order valence-corrected chi connectivity index (χ4v) is 1.80. The fourth-order valence-electron chi connectivity index (χ4n) is 1.80. The van der Waals surface area contributed by atoms with E-state index in [2.05, 4.69) is 53.5 Å². The van der Waals surface area contributed by atoms with E-state index in [-0.39, 0.29) is 0 Å². The van der Waals surface area contributed by atoms with Crippen LogP contribution in [0.3, 0.4) is 0 Å². The highest BCUT2D eigenvalue weighted by Gasteiger charge is 2.13. The highest BCUT2D eigenvalue weighted by Crippen LogP contribution is 2.11. The molecule has 0 fully saturated rings. The van der Waals surface area contributed by atoms with Crippen LogP contribution in [-0.4, -0.2) is 32.1 Å². The van der Waals surface area contributed by atoms with Gasteiger partial charge in [-0.1, -0.05) is 38.1 Å². The van der Waals surface area contributed by atoms with Gasteiger partial charge in [0.1, 0.15) is 0 Å². The molecule has 4 nitrogen and oxygen atoms in total. The summed E-state index contributed by atoms with van der Waals surface area (Å²) in [5.74, 6) is 1.31. The minimum absolute atomic E-state index is 0.333. The van der Waals surface area contributed by atoms with Gasteiger partial charge in [0.2, 0.25) is 0 Å². The smallest absolute Gasteiger partial charge is 0.191 e. The molecule has 1 atom stereocenters. The van der Waals surface area contributed by atoms with Crippen molar-refractivity contribution in [2.45, 2.75) is 19.9 Å². The average Bonchev–Trinajstić information content (AvgIpc) is 2.47. The van der Waals surface area contributed by atoms with Crippen LogP contribution < -0.4 is 16.0 Å². The number of hydrogen-bond donors (Lipinski definition) is 3. The zero-order chi connectivity index (χ0) is 14.8. The number of benzene rings is 1. The van der Waals surface area contributed by atoms with Crippen molar-refractivity contribution in [1.82, 2.24) is 10.6 Å². The van der Waals surface area contributed by atoms with Crippen molar-refractivity contribution in [3.63, 3.8) is 0 Å². The quantitative estimate of drug-likeness (QED) is 0.407. The summed E-state index contributed by atoms with van der Waals surface area (Å²) in [4.78, 5) is 4.18. The van der Waals surface area contributed by atoms with Crippen LogP contribution in [0, 0.1) is 5.92 Å². The van der Waals surface area contributed by atoms with E-state index in [1.54, 1.807) is 7.05 Å². The average molecular weight is 274 g/mol. The van der Waals surface area contributed by atoms with Crippen LogP contribution in [0.5, 0.6) is 0 Å². The zero-order valence-corrected chi connectivity index (χ0v) is 12.7. The minimum atomic E-state index is 0.333. The Morgan fingerprint density at radius 3 is 2.50 bits per heavy atom. The van der Waals surface area contributed by atoms with E-state index >= 15 is 0 Å². The number of rotatable bonds is 7. The number of aliphatic imine (C=N–C) groups is 1. The van der Waals surface area contributed by atoms with Crippen LogP contribution >= 0.6 is 0 Å². The Balaban J connectivity index is 2.53. The van der Waals surface area contributed by atoms with Crippen LogP contribution in [0.25, 0.3) is 0 Å². The van der Waals surface area contributed by atoms with Gasteiger partial charge in [-0.15, -0.1) is 6.58 Å². The van der Waals surface area contributed by atoms with Gasteiger partial charge in [0.15, 0.2) is 5.96 Å². The predicted octanol–water partition coefficient (Wildman–Crippen LogP) is 2.47. The summed E-state index contributed by atoms with van der Waals surface area (Å²) in [5, 5.41) is 10.1. The summed E-state index contributed by atoms with van der Waals surface area (Å²) in [7, 11) is 1.77. The maximum Gasteiger partial charge on any atom is 0.191 e. The Morgan fingerprint density at radius 1 is 1.25 bits per heavy atom. The van der Waals surface area contributed by atoms with Gasteiger partial charge in [0.25, 0.3) is 0 Å². The number of nitrogens with zero attached hydrogens (tertiary/aromatic N) is 1. The summed E-state index contributed by atoms with van der Waals surface area (Å²) in [6.45, 7) is 9.63. The minimum Gasteiger partial charge on any atom is -0.380 e. The molecule has 0 saturated heterocycles. The summed E-state index contributed by atoms with van der Waals surface area (Å²) in [5.41, 5.74) is 1.14. The second-order valence-corrected chi connectivity index (χ2v) is 4.98. The molecule has 0 radical (unpaired) electrons. The van der Waals surface area contributed by atoms with E-state index in [4.69, 9.17) is 0 Å². The molecule has 0 aromatic heterocycles. The summed E-state index contributed by atoms with van der Waals surface area (Å²) < 4.78 is 0. The molecule has 20 heavy (non-hydrogen) atoms. The van der Waals surface area contributed by atoms with E-state index in [1.165, 1.54) is 0 Å². The molecule has 1 rings (SSSR count). The van der Waals surface area contributed by atoms with Gasteiger partial charge < -0.3 is 16.0 Å². The molecular weight excluding hydrogens is 248 g/mol. The Morgan fingerprint density at radius 2 is 1.95 bits per heavy atom. The highest BCUT2D eigenvalue weighted by atomic mass is 15.2. The molecule has 1 aromatic carbocycles. The molecule has 0 amide bonds. The molecule has 0 heterocycles. The van der Waals surface area contributed by atoms with Gasteiger partial charge in [-0.25, -0.2) is 0 Å². The summed E-state index contributed by atoms with van der Waals surface area (Å²) >= 11 is 0. The topological polar surface area (TPSA) is 48.5 Å². The van der Waals surface area contributed by atoms with Gasteiger partial charge in [-0.05, 0) is 18.1 Å². The van der Waals surface area contributed by atoms with E-state index in [0.717, 1.165) is 18.2 Å². The molecule has 0 aliphatic carbocycles. The molecule has 0 bridgehead atoms. The van der Waals surface area contributed by atoms with Crippen molar-refractivity contribution in [1.29, 1.82) is 0 Å². The van der Waals surface area contributed by atoms with Crippen LogP contribution in [0.4, 0.5) is 5.69 Å². The maximum absolute atomic E-state index is 4.18. The molecule has 1 aromatic rings. The molecule has 1 unspecified atom stereocenters. The van der Waals surface area contributed by atoms with Crippen molar-refractivity contribution in [2.24, 2.45) is 10.9 Å². The fraction of sp³-hybridized carbons (Fsp3) is 0.438. The number of hydrogen-bond acceptors (Lipinski definition) is 2. The van der Waals surface area contributed by atoms with Crippen molar-refractivity contribution >= 4 is 11.6 Å². The van der Waals surface area contributed by atoms with Crippen molar-refractivity contribution in [3.8, 4) is 0 Å². The van der Waals surface area contributed by atoms with Crippen LogP contribution in [0.1, 0.15) is 13.8 Å². The lowest BCUT2D eigenvalue weighted by Gasteiger charge is -2.25. The van der Waals surface area contributed by atoms with E-state index in [0.29, 0.717) is 18.5 Å². The molecule has 4 heteroatoms. The first-order valence-corrected chi connectivity index (χ1v) is 7.04. The zero-order valence-electron chi connectivity index (χ0n) is 12.7. The normalized spacial score (nSPS) is 12.9. The Labute approximate surface area is 122 Å². The number of nitrogens with one attached hydrogen (secondary N) is 3. The molecule has 3 N–H and O–H groups in total. The third kappa shape index (κ3) is 5.78. The van der Waals surface area contributed by atoms with Crippen LogP contribution in [0.15, 0.2) is 48.0 Å². The lowest BCUT2D eigenvalue weighted by molar-refractivity contribution is 0.513. The van der Waals surface area contributed by atoms with Gasteiger partial charge in [0.05, 0.1) is 0 Å². The number of para-hydroxylation sites is 1. The second kappa shape index (κ2) is 9.02. The van der Waals surface area contributed by atoms with E-state index in [9.17, 15) is 0 Å². The summed E-state index contributed by atoms with van der Waals surface area (Å²) in [6, 6.07) is 10.6. The molecule has 110 valence electrons. The van der Waals surface area contributed by atoms with Crippen molar-refractivity contribution < 1.29 is 0 Å². The lowest BCUT2D eigenvalue weighted by Crippen LogP contribution is -2.44. The first-order valence-electron chi connectivity index (χ1n) is 7.04. The lowest BCUT2D eigenvalue weighted by atomic mass is 10.0. The second-order valence-electron chi connectivity index (χ2n) is 4.98. The third-order valence-corrected chi connectivity index (χ3v) is 3.06. The highest BCUT2D eigenvalue weighted by molar-refractivity contribution is 5.79. The third-order valence-electron chi connectivity index (χ3n) is 3.06. The standard InChI is InChI=1S/C16H26N4/c1-5-11-18-16(17-4)19-12-15(13(2)3)20-14-9-7-6-8-10-14/h5-10,13,15,20H,1,11-12H2,2-4H3,(H2,17,18,19). The van der Waals surface area contributed by atoms with Crippen molar-refractivity contribution in [3.05, 3.63) is 43.0 Å². The Kier molecular flexibility index (Phi) is 7.25.